The van der Waals surface area contributed by atoms with E-state index in [1.807, 2.05) is 20.8 Å². The summed E-state index contributed by atoms with van der Waals surface area (Å²) in [5, 5.41) is 5.96. The molecule has 0 aromatic heterocycles. The van der Waals surface area contributed by atoms with E-state index in [0.717, 1.165) is 13.0 Å². The average molecular weight is 252 g/mol. The summed E-state index contributed by atoms with van der Waals surface area (Å²) in [6.45, 7) is 7.14. The molecular formula is C10H22ClN3O2. The van der Waals surface area contributed by atoms with Crippen LogP contribution < -0.4 is 16.4 Å². The number of hydrogen-bond acceptors (Lipinski definition) is 4. The fraction of sp³-hybridized carbons (Fsp3) is 0.900. The van der Waals surface area contributed by atoms with E-state index >= 15 is 0 Å². The predicted octanol–water partition coefficient (Wildman–Crippen LogP) is 0.622. The van der Waals surface area contributed by atoms with Crippen LogP contribution in [0.5, 0.6) is 0 Å². The topological polar surface area (TPSA) is 76.4 Å². The Morgan fingerprint density at radius 1 is 1.50 bits per heavy atom. The molecule has 0 bridgehead atoms. The minimum atomic E-state index is -0.462. The van der Waals surface area contributed by atoms with Gasteiger partial charge in [0.2, 0.25) is 0 Å². The highest BCUT2D eigenvalue weighted by atomic mass is 35.5. The first kappa shape index (κ1) is 15.5. The number of nitrogens with two attached hydrogens (primary N) is 1. The molecule has 0 aliphatic carbocycles. The number of ether oxygens (including phenoxy) is 1. The Labute approximate surface area is 103 Å². The molecule has 1 rings (SSSR count). The molecule has 96 valence electrons. The van der Waals surface area contributed by atoms with Gasteiger partial charge < -0.3 is 21.1 Å². The van der Waals surface area contributed by atoms with Crippen molar-refractivity contribution >= 4 is 18.5 Å². The van der Waals surface area contributed by atoms with Crippen molar-refractivity contribution in [2.45, 2.75) is 44.9 Å². The van der Waals surface area contributed by atoms with Crippen LogP contribution in [0.15, 0.2) is 0 Å². The first-order valence-corrected chi connectivity index (χ1v) is 5.34. The highest BCUT2D eigenvalue weighted by Crippen LogP contribution is 2.08. The number of amides is 1. The van der Waals surface area contributed by atoms with Crippen LogP contribution in [-0.2, 0) is 4.74 Å². The SMILES string of the molecule is CC(C)(C)OC(=O)N[C@H]1CNCC[C@@H]1N.Cl. The molecule has 1 aliphatic heterocycles. The molecule has 0 radical (unpaired) electrons. The van der Waals surface area contributed by atoms with Crippen molar-refractivity contribution in [2.75, 3.05) is 13.1 Å². The van der Waals surface area contributed by atoms with Crippen LogP contribution in [0.4, 0.5) is 4.79 Å². The Balaban J connectivity index is 0.00000225. The van der Waals surface area contributed by atoms with Crippen molar-refractivity contribution in [1.29, 1.82) is 0 Å². The van der Waals surface area contributed by atoms with Crippen molar-refractivity contribution in [2.24, 2.45) is 5.73 Å². The Hall–Kier alpha value is -0.520. The van der Waals surface area contributed by atoms with Crippen molar-refractivity contribution in [3.05, 3.63) is 0 Å². The molecule has 4 N–H and O–H groups in total. The van der Waals surface area contributed by atoms with E-state index in [4.69, 9.17) is 10.5 Å². The van der Waals surface area contributed by atoms with Crippen molar-refractivity contribution in [1.82, 2.24) is 10.6 Å². The monoisotopic (exact) mass is 251 g/mol. The maximum absolute atomic E-state index is 11.5. The molecule has 6 heteroatoms. The molecule has 1 aliphatic rings. The van der Waals surface area contributed by atoms with Crippen LogP contribution in [0.1, 0.15) is 27.2 Å². The highest BCUT2D eigenvalue weighted by molar-refractivity contribution is 5.85. The van der Waals surface area contributed by atoms with Crippen LogP contribution >= 0.6 is 12.4 Å². The van der Waals surface area contributed by atoms with Crippen LogP contribution in [0.25, 0.3) is 0 Å². The largest absolute Gasteiger partial charge is 0.444 e. The second-order valence-electron chi connectivity index (χ2n) is 4.91. The maximum atomic E-state index is 11.5. The van der Waals surface area contributed by atoms with Gasteiger partial charge in [-0.1, -0.05) is 0 Å². The number of piperidine rings is 1. The maximum Gasteiger partial charge on any atom is 0.407 e. The lowest BCUT2D eigenvalue weighted by Crippen LogP contribution is -2.57. The third-order valence-corrected chi connectivity index (χ3v) is 2.24. The van der Waals surface area contributed by atoms with Crippen molar-refractivity contribution in [3.63, 3.8) is 0 Å². The molecule has 0 unspecified atom stereocenters. The fourth-order valence-corrected chi connectivity index (χ4v) is 1.50. The van der Waals surface area contributed by atoms with Crippen LogP contribution in [0.3, 0.4) is 0 Å². The van der Waals surface area contributed by atoms with Crippen molar-refractivity contribution in [3.8, 4) is 0 Å². The normalized spacial score (nSPS) is 25.5. The zero-order chi connectivity index (χ0) is 11.5. The van der Waals surface area contributed by atoms with Gasteiger partial charge in [0.1, 0.15) is 5.60 Å². The molecule has 1 saturated heterocycles. The fourth-order valence-electron chi connectivity index (χ4n) is 1.50. The van der Waals surface area contributed by atoms with E-state index in [0.29, 0.717) is 6.54 Å². The molecule has 0 aromatic carbocycles. The zero-order valence-electron chi connectivity index (χ0n) is 10.1. The number of nitrogens with one attached hydrogen (secondary N) is 2. The minimum Gasteiger partial charge on any atom is -0.444 e. The summed E-state index contributed by atoms with van der Waals surface area (Å²) >= 11 is 0. The average Bonchev–Trinajstić information content (AvgIpc) is 2.05. The quantitative estimate of drug-likeness (QED) is 0.639. The Bertz CT molecular complexity index is 231. The summed E-state index contributed by atoms with van der Waals surface area (Å²) in [6.07, 6.45) is 0.479. The van der Waals surface area contributed by atoms with E-state index < -0.39 is 11.7 Å². The van der Waals surface area contributed by atoms with Crippen LogP contribution in [0, 0.1) is 0 Å². The van der Waals surface area contributed by atoms with Gasteiger partial charge in [0.25, 0.3) is 0 Å². The highest BCUT2D eigenvalue weighted by Gasteiger charge is 2.25. The minimum absolute atomic E-state index is 0. The molecule has 0 aromatic rings. The lowest BCUT2D eigenvalue weighted by atomic mass is 10.0. The smallest absolute Gasteiger partial charge is 0.407 e. The molecular weight excluding hydrogens is 230 g/mol. The number of hydrogen-bond donors (Lipinski definition) is 3. The number of halogens is 1. The van der Waals surface area contributed by atoms with E-state index in [1.54, 1.807) is 0 Å². The van der Waals surface area contributed by atoms with Crippen molar-refractivity contribution < 1.29 is 9.53 Å². The second kappa shape index (κ2) is 6.27. The first-order valence-electron chi connectivity index (χ1n) is 5.34. The van der Waals surface area contributed by atoms with E-state index in [2.05, 4.69) is 10.6 Å². The third kappa shape index (κ3) is 5.53. The molecule has 0 saturated carbocycles. The Kier molecular flexibility index (Phi) is 6.07. The van der Waals surface area contributed by atoms with Gasteiger partial charge in [-0.05, 0) is 33.7 Å². The van der Waals surface area contributed by atoms with Gasteiger partial charge in [-0.25, -0.2) is 4.79 Å². The number of carbonyl (C=O) groups excluding carboxylic acids is 1. The second-order valence-corrected chi connectivity index (χ2v) is 4.91. The lowest BCUT2D eigenvalue weighted by Gasteiger charge is -2.31. The first-order chi connectivity index (χ1) is 6.88. The number of rotatable bonds is 1. The summed E-state index contributed by atoms with van der Waals surface area (Å²) in [5.74, 6) is 0. The Morgan fingerprint density at radius 2 is 2.12 bits per heavy atom. The van der Waals surface area contributed by atoms with Gasteiger partial charge in [-0.2, -0.15) is 0 Å². The summed E-state index contributed by atoms with van der Waals surface area (Å²) in [4.78, 5) is 11.5. The van der Waals surface area contributed by atoms with Gasteiger partial charge in [0.15, 0.2) is 0 Å². The summed E-state index contributed by atoms with van der Waals surface area (Å²) in [5.41, 5.74) is 5.42. The molecule has 5 nitrogen and oxygen atoms in total. The van der Waals surface area contributed by atoms with Gasteiger partial charge in [0, 0.05) is 12.6 Å². The number of carbonyl (C=O) groups is 1. The molecule has 1 fully saturated rings. The molecule has 1 amide bonds. The van der Waals surface area contributed by atoms with Crippen LogP contribution in [-0.4, -0.2) is 36.9 Å². The van der Waals surface area contributed by atoms with Gasteiger partial charge >= 0.3 is 6.09 Å². The molecule has 16 heavy (non-hydrogen) atoms. The summed E-state index contributed by atoms with van der Waals surface area (Å²) < 4.78 is 5.16. The Morgan fingerprint density at radius 3 is 2.62 bits per heavy atom. The third-order valence-electron chi connectivity index (χ3n) is 2.24. The van der Waals surface area contributed by atoms with Gasteiger partial charge in [-0.15, -0.1) is 12.4 Å². The molecule has 0 spiro atoms. The zero-order valence-corrected chi connectivity index (χ0v) is 10.9. The van der Waals surface area contributed by atoms with Gasteiger partial charge in [-0.3, -0.25) is 0 Å². The standard InChI is InChI=1S/C10H21N3O2.ClH/c1-10(2,3)15-9(14)13-8-6-12-5-4-7(8)11;/h7-8,12H,4-6,11H2,1-3H3,(H,13,14);1H/t7-,8-;/m0./s1. The predicted molar refractivity (Wildman–Crippen MR) is 65.9 cm³/mol. The van der Waals surface area contributed by atoms with E-state index in [1.165, 1.54) is 0 Å². The van der Waals surface area contributed by atoms with E-state index in [-0.39, 0.29) is 24.5 Å². The van der Waals surface area contributed by atoms with Crippen LogP contribution in [0.2, 0.25) is 0 Å². The molecule has 1 heterocycles. The van der Waals surface area contributed by atoms with Gasteiger partial charge in [0.05, 0.1) is 6.04 Å². The summed E-state index contributed by atoms with van der Waals surface area (Å²) in [7, 11) is 0. The summed E-state index contributed by atoms with van der Waals surface area (Å²) in [6, 6.07) is -0.0210. The van der Waals surface area contributed by atoms with E-state index in [9.17, 15) is 4.79 Å². The number of alkyl carbamates (subject to hydrolysis) is 1. The molecule has 2 atom stereocenters. The lowest BCUT2D eigenvalue weighted by molar-refractivity contribution is 0.0490.